The number of thiazole rings is 1. The van der Waals surface area contributed by atoms with Gasteiger partial charge in [-0.3, -0.25) is 9.78 Å². The van der Waals surface area contributed by atoms with E-state index in [9.17, 15) is 4.79 Å². The number of anilines is 2. The smallest absolute Gasteiger partial charge is 0.266 e. The fraction of sp³-hybridized carbons (Fsp3) is 0.381. The van der Waals surface area contributed by atoms with Crippen molar-refractivity contribution in [2.45, 2.75) is 46.6 Å². The Morgan fingerprint density at radius 2 is 1.79 bits per heavy atom. The van der Waals surface area contributed by atoms with Crippen LogP contribution < -0.4 is 5.32 Å². The molecular weight excluding hydrogens is 384 g/mol. The summed E-state index contributed by atoms with van der Waals surface area (Å²) in [6, 6.07) is 5.88. The first-order valence-corrected chi connectivity index (χ1v) is 10.6. The largest absolute Gasteiger partial charge is 0.329 e. The van der Waals surface area contributed by atoms with Crippen LogP contribution in [0.15, 0.2) is 23.7 Å². The van der Waals surface area contributed by atoms with E-state index in [4.69, 9.17) is 4.98 Å². The number of nitrogens with one attached hydrogen (secondary N) is 1. The zero-order valence-corrected chi connectivity index (χ0v) is 17.9. The zero-order valence-electron chi connectivity index (χ0n) is 17.1. The third-order valence-electron chi connectivity index (χ3n) is 5.01. The van der Waals surface area contributed by atoms with Crippen LogP contribution in [0.1, 0.15) is 57.0 Å². The van der Waals surface area contributed by atoms with Gasteiger partial charge in [-0.15, -0.1) is 11.3 Å². The SMILES string of the molecule is Cc1cc(Nc2nc(C)cc(C)n2)cc([C@H]2CCCN2C(=O)c2scnc2C)n1. The highest BCUT2D eigenvalue weighted by Gasteiger charge is 2.33. The number of rotatable bonds is 4. The molecule has 4 rings (SSSR count). The third kappa shape index (κ3) is 4.12. The molecular formula is C21H24N6OS. The minimum Gasteiger partial charge on any atom is -0.329 e. The summed E-state index contributed by atoms with van der Waals surface area (Å²) in [5, 5.41) is 3.30. The Hall–Kier alpha value is -2.87. The Labute approximate surface area is 174 Å². The van der Waals surface area contributed by atoms with Crippen molar-refractivity contribution in [3.05, 3.63) is 57.1 Å². The number of nitrogens with zero attached hydrogens (tertiary/aromatic N) is 5. The van der Waals surface area contributed by atoms with Crippen molar-refractivity contribution >= 4 is 28.9 Å². The van der Waals surface area contributed by atoms with Crippen molar-refractivity contribution in [1.29, 1.82) is 0 Å². The summed E-state index contributed by atoms with van der Waals surface area (Å²) in [5.74, 6) is 0.613. The second-order valence-electron chi connectivity index (χ2n) is 7.44. The second-order valence-corrected chi connectivity index (χ2v) is 8.30. The monoisotopic (exact) mass is 408 g/mol. The Bertz CT molecular complexity index is 1040. The van der Waals surface area contributed by atoms with Gasteiger partial charge in [0.25, 0.3) is 5.91 Å². The van der Waals surface area contributed by atoms with Crippen molar-refractivity contribution < 1.29 is 4.79 Å². The standard InChI is InChI=1S/C21H24N6OS/c1-12-8-13(2)25-21(24-12)26-16-9-14(3)23-17(10-16)18-6-5-7-27(18)20(28)19-15(4)22-11-29-19/h8-11,18H,5-7H2,1-4H3,(H,23,24,25,26)/t18-/m1/s1. The molecule has 0 aromatic carbocycles. The summed E-state index contributed by atoms with van der Waals surface area (Å²) in [5.41, 5.74) is 7.01. The van der Waals surface area contributed by atoms with Crippen LogP contribution in [0.3, 0.4) is 0 Å². The van der Waals surface area contributed by atoms with Gasteiger partial charge >= 0.3 is 0 Å². The number of hydrogen-bond acceptors (Lipinski definition) is 7. The number of carbonyl (C=O) groups excluding carboxylic acids is 1. The Morgan fingerprint density at radius 3 is 2.48 bits per heavy atom. The summed E-state index contributed by atoms with van der Waals surface area (Å²) >= 11 is 1.40. The molecule has 7 nitrogen and oxygen atoms in total. The van der Waals surface area contributed by atoms with E-state index in [1.807, 2.05) is 50.8 Å². The van der Waals surface area contributed by atoms with Crippen LogP contribution in [-0.4, -0.2) is 37.3 Å². The van der Waals surface area contributed by atoms with Crippen LogP contribution in [0.25, 0.3) is 0 Å². The first-order chi connectivity index (χ1) is 13.9. The summed E-state index contributed by atoms with van der Waals surface area (Å²) in [6.45, 7) is 8.48. The lowest BCUT2D eigenvalue weighted by Gasteiger charge is -2.24. The molecule has 0 aliphatic carbocycles. The molecule has 29 heavy (non-hydrogen) atoms. The Balaban J connectivity index is 1.62. The molecule has 3 aromatic rings. The van der Waals surface area contributed by atoms with Gasteiger partial charge in [-0.25, -0.2) is 15.0 Å². The van der Waals surface area contributed by atoms with Crippen LogP contribution in [-0.2, 0) is 0 Å². The number of hydrogen-bond donors (Lipinski definition) is 1. The maximum absolute atomic E-state index is 13.1. The van der Waals surface area contributed by atoms with Gasteiger partial charge in [-0.2, -0.15) is 0 Å². The Kier molecular flexibility index (Phi) is 5.27. The maximum Gasteiger partial charge on any atom is 0.266 e. The van der Waals surface area contributed by atoms with Gasteiger partial charge in [0, 0.05) is 29.3 Å². The van der Waals surface area contributed by atoms with Crippen LogP contribution in [0.5, 0.6) is 0 Å². The molecule has 1 atom stereocenters. The lowest BCUT2D eigenvalue weighted by molar-refractivity contribution is 0.0737. The van der Waals surface area contributed by atoms with Gasteiger partial charge in [-0.05, 0) is 58.7 Å². The molecule has 1 N–H and O–H groups in total. The number of amides is 1. The molecule has 1 saturated heterocycles. The highest BCUT2D eigenvalue weighted by atomic mass is 32.1. The normalized spacial score (nSPS) is 16.3. The lowest BCUT2D eigenvalue weighted by Crippen LogP contribution is -2.31. The fourth-order valence-corrected chi connectivity index (χ4v) is 4.56. The first kappa shape index (κ1) is 19.4. The lowest BCUT2D eigenvalue weighted by atomic mass is 10.1. The number of carbonyl (C=O) groups is 1. The van der Waals surface area contributed by atoms with Crippen molar-refractivity contribution in [3.8, 4) is 0 Å². The van der Waals surface area contributed by atoms with Gasteiger partial charge in [0.1, 0.15) is 4.88 Å². The third-order valence-corrected chi connectivity index (χ3v) is 5.92. The molecule has 1 aliphatic rings. The number of aromatic nitrogens is 4. The summed E-state index contributed by atoms with van der Waals surface area (Å²) in [4.78, 5) is 33.6. The molecule has 0 spiro atoms. The fourth-order valence-electron chi connectivity index (χ4n) is 3.80. The molecule has 3 aromatic heterocycles. The number of aryl methyl sites for hydroxylation is 4. The minimum absolute atomic E-state index is 0.0374. The molecule has 1 amide bonds. The number of likely N-dealkylation sites (tertiary alicyclic amines) is 1. The van der Waals surface area contributed by atoms with Gasteiger partial charge in [0.15, 0.2) is 0 Å². The average Bonchev–Trinajstić information content (AvgIpc) is 3.28. The van der Waals surface area contributed by atoms with Crippen LogP contribution in [0, 0.1) is 27.7 Å². The van der Waals surface area contributed by atoms with Crippen LogP contribution in [0.4, 0.5) is 11.6 Å². The van der Waals surface area contributed by atoms with E-state index in [1.54, 1.807) is 5.51 Å². The molecule has 0 unspecified atom stereocenters. The first-order valence-electron chi connectivity index (χ1n) is 9.69. The predicted molar refractivity (Wildman–Crippen MR) is 114 cm³/mol. The highest BCUT2D eigenvalue weighted by molar-refractivity contribution is 7.11. The molecule has 0 bridgehead atoms. The molecule has 1 aliphatic heterocycles. The zero-order chi connectivity index (χ0) is 20.5. The van der Waals surface area contributed by atoms with E-state index < -0.39 is 0 Å². The highest BCUT2D eigenvalue weighted by Crippen LogP contribution is 2.34. The van der Waals surface area contributed by atoms with E-state index in [1.165, 1.54) is 11.3 Å². The summed E-state index contributed by atoms with van der Waals surface area (Å²) in [6.07, 6.45) is 1.87. The molecule has 1 fully saturated rings. The van der Waals surface area contributed by atoms with Crippen molar-refractivity contribution in [2.24, 2.45) is 0 Å². The second kappa shape index (κ2) is 7.87. The van der Waals surface area contributed by atoms with Gasteiger partial charge in [0.2, 0.25) is 5.95 Å². The molecule has 8 heteroatoms. The molecule has 150 valence electrons. The van der Waals surface area contributed by atoms with E-state index in [2.05, 4.69) is 20.3 Å². The predicted octanol–water partition coefficient (Wildman–Crippen LogP) is 4.28. The number of pyridine rings is 1. The summed E-state index contributed by atoms with van der Waals surface area (Å²) in [7, 11) is 0. The van der Waals surface area contributed by atoms with Crippen molar-refractivity contribution in [3.63, 3.8) is 0 Å². The average molecular weight is 409 g/mol. The van der Waals surface area contributed by atoms with Gasteiger partial charge in [0.05, 0.1) is 22.9 Å². The van der Waals surface area contributed by atoms with E-state index in [0.29, 0.717) is 10.8 Å². The van der Waals surface area contributed by atoms with Gasteiger partial charge < -0.3 is 10.2 Å². The quantitative estimate of drug-likeness (QED) is 0.694. The van der Waals surface area contributed by atoms with Crippen molar-refractivity contribution in [2.75, 3.05) is 11.9 Å². The van der Waals surface area contributed by atoms with E-state index >= 15 is 0 Å². The van der Waals surface area contributed by atoms with Gasteiger partial charge in [-0.1, -0.05) is 0 Å². The molecule has 0 radical (unpaired) electrons. The minimum atomic E-state index is -0.0374. The Morgan fingerprint density at radius 1 is 1.07 bits per heavy atom. The molecule has 4 heterocycles. The maximum atomic E-state index is 13.1. The molecule has 0 saturated carbocycles. The van der Waals surface area contributed by atoms with E-state index in [0.717, 1.165) is 53.5 Å². The van der Waals surface area contributed by atoms with Crippen molar-refractivity contribution in [1.82, 2.24) is 24.8 Å². The van der Waals surface area contributed by atoms with Crippen LogP contribution in [0.2, 0.25) is 0 Å². The van der Waals surface area contributed by atoms with Crippen LogP contribution >= 0.6 is 11.3 Å². The topological polar surface area (TPSA) is 83.9 Å². The summed E-state index contributed by atoms with van der Waals surface area (Å²) < 4.78 is 0. The van der Waals surface area contributed by atoms with E-state index in [-0.39, 0.29) is 11.9 Å².